The van der Waals surface area contributed by atoms with Gasteiger partial charge in [-0.1, -0.05) is 0 Å². The van der Waals surface area contributed by atoms with Crippen molar-refractivity contribution < 1.29 is 9.53 Å². The lowest BCUT2D eigenvalue weighted by Crippen LogP contribution is -2.64. The smallest absolute Gasteiger partial charge is 0.271 e. The van der Waals surface area contributed by atoms with Crippen LogP contribution < -0.4 is 5.32 Å². The van der Waals surface area contributed by atoms with E-state index in [1.165, 1.54) is 18.1 Å². The predicted octanol–water partition coefficient (Wildman–Crippen LogP) is 0.930. The lowest BCUT2D eigenvalue weighted by atomic mass is 9.79. The van der Waals surface area contributed by atoms with Crippen LogP contribution in [0.5, 0.6) is 0 Å². The fourth-order valence-electron chi connectivity index (χ4n) is 4.27. The Balaban J connectivity index is 1.26. The molecule has 27 heavy (non-hydrogen) atoms. The van der Waals surface area contributed by atoms with Gasteiger partial charge in [0, 0.05) is 52.2 Å². The zero-order valence-corrected chi connectivity index (χ0v) is 15.9. The Labute approximate surface area is 158 Å². The third kappa shape index (κ3) is 3.72. The first kappa shape index (κ1) is 18.1. The molecule has 2 saturated heterocycles. The number of nitrogens with zero attached hydrogens (tertiary/aromatic N) is 5. The first-order chi connectivity index (χ1) is 13.1. The Morgan fingerprint density at radius 1 is 1.41 bits per heavy atom. The van der Waals surface area contributed by atoms with Gasteiger partial charge >= 0.3 is 0 Å². The predicted molar refractivity (Wildman–Crippen MR) is 99.0 cm³/mol. The summed E-state index contributed by atoms with van der Waals surface area (Å²) in [5.41, 5.74) is 2.59. The molecule has 2 aliphatic rings. The molecule has 2 aromatic rings. The fraction of sp³-hybridized carbons (Fsp3) is 0.579. The van der Waals surface area contributed by atoms with Gasteiger partial charge in [0.15, 0.2) is 0 Å². The summed E-state index contributed by atoms with van der Waals surface area (Å²) in [5, 5.41) is 7.37. The van der Waals surface area contributed by atoms with Crippen molar-refractivity contribution >= 4 is 5.91 Å². The monoisotopic (exact) mass is 370 g/mol. The summed E-state index contributed by atoms with van der Waals surface area (Å²) >= 11 is 0. The van der Waals surface area contributed by atoms with Crippen LogP contribution in [-0.2, 0) is 18.3 Å². The second-order valence-corrected chi connectivity index (χ2v) is 7.58. The van der Waals surface area contributed by atoms with E-state index in [0.717, 1.165) is 44.8 Å². The topological polar surface area (TPSA) is 85.2 Å². The van der Waals surface area contributed by atoms with E-state index in [1.807, 2.05) is 18.7 Å². The van der Waals surface area contributed by atoms with Crippen LogP contribution in [-0.4, -0.2) is 62.4 Å². The Morgan fingerprint density at radius 2 is 2.26 bits per heavy atom. The van der Waals surface area contributed by atoms with Crippen molar-refractivity contribution in [3.8, 4) is 0 Å². The van der Waals surface area contributed by atoms with Crippen LogP contribution in [0.1, 0.15) is 34.7 Å². The van der Waals surface area contributed by atoms with Gasteiger partial charge in [-0.3, -0.25) is 19.4 Å². The molecule has 2 aromatic heterocycles. The molecule has 0 bridgehead atoms. The Bertz CT molecular complexity index is 800. The highest BCUT2D eigenvalue weighted by Crippen LogP contribution is 2.42. The number of hydrogen-bond donors (Lipinski definition) is 1. The highest BCUT2D eigenvalue weighted by molar-refractivity contribution is 5.91. The maximum atomic E-state index is 12.1. The molecular formula is C19H26N6O2. The van der Waals surface area contributed by atoms with Gasteiger partial charge in [0.25, 0.3) is 5.91 Å². The van der Waals surface area contributed by atoms with Crippen molar-refractivity contribution in [3.63, 3.8) is 0 Å². The van der Waals surface area contributed by atoms with Gasteiger partial charge < -0.3 is 10.1 Å². The van der Waals surface area contributed by atoms with E-state index in [1.54, 1.807) is 6.20 Å². The normalized spacial score (nSPS) is 21.3. The lowest BCUT2D eigenvalue weighted by molar-refractivity contribution is -0.137. The molecule has 4 rings (SSSR count). The van der Waals surface area contributed by atoms with Gasteiger partial charge in [-0.2, -0.15) is 5.10 Å². The Kier molecular flexibility index (Phi) is 4.92. The van der Waals surface area contributed by atoms with Gasteiger partial charge in [0.1, 0.15) is 5.69 Å². The summed E-state index contributed by atoms with van der Waals surface area (Å²) in [6, 6.07) is 2.14. The summed E-state index contributed by atoms with van der Waals surface area (Å²) in [6.45, 7) is 6.25. The largest absolute Gasteiger partial charge is 0.372 e. The SMILES string of the molecule is Cc1cc(CN2CC3(C2)OCC[C@@H]3CCNC(=O)c2cnccn2)n(C)n1. The summed E-state index contributed by atoms with van der Waals surface area (Å²) < 4.78 is 8.09. The zero-order valence-electron chi connectivity index (χ0n) is 15.9. The molecule has 4 heterocycles. The molecule has 0 saturated carbocycles. The number of carbonyl (C=O) groups is 1. The number of nitrogens with one attached hydrogen (secondary N) is 1. The van der Waals surface area contributed by atoms with Crippen LogP contribution in [0.4, 0.5) is 0 Å². The number of likely N-dealkylation sites (tertiary alicyclic amines) is 1. The van der Waals surface area contributed by atoms with Crippen LogP contribution in [0.3, 0.4) is 0 Å². The number of rotatable bonds is 6. The summed E-state index contributed by atoms with van der Waals surface area (Å²) in [7, 11) is 1.99. The minimum Gasteiger partial charge on any atom is -0.372 e. The van der Waals surface area contributed by atoms with E-state index < -0.39 is 0 Å². The number of aryl methyl sites for hydroxylation is 2. The van der Waals surface area contributed by atoms with E-state index in [9.17, 15) is 4.79 Å². The maximum absolute atomic E-state index is 12.1. The van der Waals surface area contributed by atoms with Crippen molar-refractivity contribution in [1.29, 1.82) is 0 Å². The standard InChI is InChI=1S/C19H26N6O2/c1-14-9-16(24(2)23-14)11-25-12-19(13-25)15(4-8-27-19)3-5-22-18(26)17-10-20-6-7-21-17/h6-7,9-10,15H,3-5,8,11-13H2,1-2H3,(H,22,26)/t15-/m0/s1. The molecular weight excluding hydrogens is 344 g/mol. The molecule has 0 radical (unpaired) electrons. The number of carbonyl (C=O) groups excluding carboxylic acids is 1. The summed E-state index contributed by atoms with van der Waals surface area (Å²) in [5.74, 6) is 0.307. The molecule has 0 aromatic carbocycles. The quantitative estimate of drug-likeness (QED) is 0.814. The minimum absolute atomic E-state index is 0.0507. The second-order valence-electron chi connectivity index (χ2n) is 7.58. The molecule has 1 spiro atoms. The van der Waals surface area contributed by atoms with Gasteiger partial charge in [0.05, 0.1) is 23.2 Å². The number of ether oxygens (including phenoxy) is 1. The molecule has 0 unspecified atom stereocenters. The van der Waals surface area contributed by atoms with E-state index >= 15 is 0 Å². The first-order valence-corrected chi connectivity index (χ1v) is 9.46. The molecule has 2 fully saturated rings. The van der Waals surface area contributed by atoms with Gasteiger partial charge in [-0.05, 0) is 31.7 Å². The van der Waals surface area contributed by atoms with E-state index in [0.29, 0.717) is 18.2 Å². The van der Waals surface area contributed by atoms with Crippen molar-refractivity contribution in [2.24, 2.45) is 13.0 Å². The van der Waals surface area contributed by atoms with Gasteiger partial charge in [-0.25, -0.2) is 4.98 Å². The van der Waals surface area contributed by atoms with Crippen LogP contribution in [0.25, 0.3) is 0 Å². The van der Waals surface area contributed by atoms with Crippen LogP contribution in [0.15, 0.2) is 24.7 Å². The average molecular weight is 370 g/mol. The molecule has 144 valence electrons. The summed E-state index contributed by atoms with van der Waals surface area (Å²) in [4.78, 5) is 22.5. The molecule has 1 atom stereocenters. The molecule has 1 amide bonds. The van der Waals surface area contributed by atoms with Crippen LogP contribution in [0, 0.1) is 12.8 Å². The molecule has 2 aliphatic heterocycles. The van der Waals surface area contributed by atoms with Crippen molar-refractivity contribution in [2.75, 3.05) is 26.2 Å². The van der Waals surface area contributed by atoms with Crippen molar-refractivity contribution in [2.45, 2.75) is 31.9 Å². The molecule has 1 N–H and O–H groups in total. The highest BCUT2D eigenvalue weighted by Gasteiger charge is 2.52. The molecule has 8 nitrogen and oxygen atoms in total. The molecule has 0 aliphatic carbocycles. The average Bonchev–Trinajstić information content (AvgIpc) is 3.18. The maximum Gasteiger partial charge on any atom is 0.271 e. The highest BCUT2D eigenvalue weighted by atomic mass is 16.5. The lowest BCUT2D eigenvalue weighted by Gasteiger charge is -2.50. The molecule has 8 heteroatoms. The van der Waals surface area contributed by atoms with E-state index in [4.69, 9.17) is 4.74 Å². The first-order valence-electron chi connectivity index (χ1n) is 9.46. The van der Waals surface area contributed by atoms with E-state index in [-0.39, 0.29) is 11.5 Å². The second kappa shape index (κ2) is 7.36. The van der Waals surface area contributed by atoms with E-state index in [2.05, 4.69) is 31.3 Å². The van der Waals surface area contributed by atoms with Crippen LogP contribution in [0.2, 0.25) is 0 Å². The van der Waals surface area contributed by atoms with Gasteiger partial charge in [-0.15, -0.1) is 0 Å². The zero-order chi connectivity index (χ0) is 18.9. The number of hydrogen-bond acceptors (Lipinski definition) is 6. The third-order valence-corrected chi connectivity index (χ3v) is 5.64. The minimum atomic E-state index is -0.169. The Hall–Kier alpha value is -2.32. The third-order valence-electron chi connectivity index (χ3n) is 5.64. The van der Waals surface area contributed by atoms with Crippen molar-refractivity contribution in [1.82, 2.24) is 30.0 Å². The van der Waals surface area contributed by atoms with Crippen molar-refractivity contribution in [3.05, 3.63) is 41.7 Å². The van der Waals surface area contributed by atoms with Crippen LogP contribution >= 0.6 is 0 Å². The Morgan fingerprint density at radius 3 is 2.96 bits per heavy atom. The number of amides is 1. The fourth-order valence-corrected chi connectivity index (χ4v) is 4.27. The number of aromatic nitrogens is 4. The summed E-state index contributed by atoms with van der Waals surface area (Å²) in [6.07, 6.45) is 6.55. The van der Waals surface area contributed by atoms with Gasteiger partial charge in [0.2, 0.25) is 0 Å².